The van der Waals surface area contributed by atoms with Crippen LogP contribution in [0.15, 0.2) is 22.7 Å². The molecule has 0 aromatic heterocycles. The lowest BCUT2D eigenvalue weighted by molar-refractivity contribution is -0.122. The SMILES string of the molecule is CC(COc1ccc(CO)cc1Br)C(N)=O. The molecule has 0 bridgehead atoms. The van der Waals surface area contributed by atoms with E-state index >= 15 is 0 Å². The fourth-order valence-corrected chi connectivity index (χ4v) is 1.60. The third kappa shape index (κ3) is 3.50. The summed E-state index contributed by atoms with van der Waals surface area (Å²) in [5.41, 5.74) is 5.91. The van der Waals surface area contributed by atoms with Crippen molar-refractivity contribution >= 4 is 21.8 Å². The summed E-state index contributed by atoms with van der Waals surface area (Å²) in [4.78, 5) is 10.8. The van der Waals surface area contributed by atoms with E-state index in [1.54, 1.807) is 25.1 Å². The van der Waals surface area contributed by atoms with Gasteiger partial charge in [0.15, 0.2) is 0 Å². The van der Waals surface area contributed by atoms with E-state index in [2.05, 4.69) is 15.9 Å². The number of benzene rings is 1. The van der Waals surface area contributed by atoms with Crippen molar-refractivity contribution in [2.45, 2.75) is 13.5 Å². The van der Waals surface area contributed by atoms with Gasteiger partial charge in [0.2, 0.25) is 5.91 Å². The van der Waals surface area contributed by atoms with Crippen molar-refractivity contribution in [3.05, 3.63) is 28.2 Å². The van der Waals surface area contributed by atoms with Crippen LogP contribution in [0.1, 0.15) is 12.5 Å². The Kier molecular flexibility index (Phi) is 4.76. The summed E-state index contributed by atoms with van der Waals surface area (Å²) >= 11 is 3.32. The molecule has 0 saturated carbocycles. The first-order chi connectivity index (χ1) is 7.54. The summed E-state index contributed by atoms with van der Waals surface area (Å²) in [6.07, 6.45) is 0. The minimum Gasteiger partial charge on any atom is -0.492 e. The lowest BCUT2D eigenvalue weighted by Crippen LogP contribution is -2.25. The molecule has 88 valence electrons. The number of carbonyl (C=O) groups is 1. The maximum atomic E-state index is 10.8. The van der Waals surface area contributed by atoms with E-state index in [0.717, 1.165) is 10.0 Å². The third-order valence-electron chi connectivity index (χ3n) is 2.15. The highest BCUT2D eigenvalue weighted by atomic mass is 79.9. The van der Waals surface area contributed by atoms with Gasteiger partial charge >= 0.3 is 0 Å². The molecule has 0 saturated heterocycles. The lowest BCUT2D eigenvalue weighted by atomic mass is 10.2. The summed E-state index contributed by atoms with van der Waals surface area (Å²) in [7, 11) is 0. The van der Waals surface area contributed by atoms with Crippen LogP contribution in [0.5, 0.6) is 5.75 Å². The predicted molar refractivity (Wildman–Crippen MR) is 63.9 cm³/mol. The van der Waals surface area contributed by atoms with Gasteiger partial charge in [0, 0.05) is 0 Å². The Morgan fingerprint density at radius 1 is 1.62 bits per heavy atom. The van der Waals surface area contributed by atoms with E-state index in [1.165, 1.54) is 0 Å². The molecule has 1 unspecified atom stereocenters. The molecular weight excluding hydrogens is 274 g/mol. The van der Waals surface area contributed by atoms with Gasteiger partial charge in [0.05, 0.1) is 23.6 Å². The van der Waals surface area contributed by atoms with Crippen molar-refractivity contribution in [2.24, 2.45) is 11.7 Å². The van der Waals surface area contributed by atoms with Gasteiger partial charge < -0.3 is 15.6 Å². The standard InChI is InChI=1S/C11H14BrNO3/c1-7(11(13)15)6-16-10-3-2-8(5-14)4-9(10)12/h2-4,7,14H,5-6H2,1H3,(H2,13,15). The molecule has 0 aliphatic carbocycles. The molecule has 16 heavy (non-hydrogen) atoms. The van der Waals surface area contributed by atoms with E-state index in [-0.39, 0.29) is 25.0 Å². The number of carbonyl (C=O) groups excluding carboxylic acids is 1. The van der Waals surface area contributed by atoms with Crippen LogP contribution < -0.4 is 10.5 Å². The number of amides is 1. The lowest BCUT2D eigenvalue weighted by Gasteiger charge is -2.11. The molecule has 0 heterocycles. The van der Waals surface area contributed by atoms with E-state index in [1.807, 2.05) is 0 Å². The van der Waals surface area contributed by atoms with Crippen LogP contribution in [0.4, 0.5) is 0 Å². The molecular formula is C11H14BrNO3. The Morgan fingerprint density at radius 3 is 2.81 bits per heavy atom. The molecule has 0 radical (unpaired) electrons. The first-order valence-corrected chi connectivity index (χ1v) is 5.65. The largest absolute Gasteiger partial charge is 0.492 e. The summed E-state index contributed by atoms with van der Waals surface area (Å²) in [5, 5.41) is 8.92. The van der Waals surface area contributed by atoms with Crippen LogP contribution in [0.3, 0.4) is 0 Å². The van der Waals surface area contributed by atoms with Gasteiger partial charge in [0.1, 0.15) is 5.75 Å². The van der Waals surface area contributed by atoms with Crippen LogP contribution in [-0.4, -0.2) is 17.6 Å². The number of rotatable bonds is 5. The molecule has 0 fully saturated rings. The van der Waals surface area contributed by atoms with Gasteiger partial charge in [-0.2, -0.15) is 0 Å². The average Bonchev–Trinajstić information content (AvgIpc) is 2.26. The highest BCUT2D eigenvalue weighted by Crippen LogP contribution is 2.26. The molecule has 0 aliphatic rings. The Bertz CT molecular complexity index is 381. The monoisotopic (exact) mass is 287 g/mol. The summed E-state index contributed by atoms with van der Waals surface area (Å²) in [5.74, 6) is -0.0854. The number of ether oxygens (including phenoxy) is 1. The van der Waals surface area contributed by atoms with Gasteiger partial charge in [0.25, 0.3) is 0 Å². The second kappa shape index (κ2) is 5.86. The van der Waals surface area contributed by atoms with Crippen molar-refractivity contribution < 1.29 is 14.6 Å². The zero-order chi connectivity index (χ0) is 12.1. The molecule has 1 atom stereocenters. The number of aliphatic hydroxyl groups excluding tert-OH is 1. The molecule has 1 amide bonds. The quantitative estimate of drug-likeness (QED) is 0.861. The minimum absolute atomic E-state index is 0.0173. The third-order valence-corrected chi connectivity index (χ3v) is 2.77. The number of hydrogen-bond acceptors (Lipinski definition) is 3. The Morgan fingerprint density at radius 2 is 2.31 bits per heavy atom. The normalized spacial score (nSPS) is 12.2. The number of nitrogens with two attached hydrogens (primary N) is 1. The second-order valence-corrected chi connectivity index (χ2v) is 4.39. The van der Waals surface area contributed by atoms with Crippen LogP contribution in [0.25, 0.3) is 0 Å². The van der Waals surface area contributed by atoms with Crippen molar-refractivity contribution in [1.82, 2.24) is 0 Å². The summed E-state index contributed by atoms with van der Waals surface area (Å²) in [6, 6.07) is 5.27. The zero-order valence-electron chi connectivity index (χ0n) is 8.94. The highest BCUT2D eigenvalue weighted by molar-refractivity contribution is 9.10. The predicted octanol–water partition coefficient (Wildman–Crippen LogP) is 1.44. The number of halogens is 1. The smallest absolute Gasteiger partial charge is 0.223 e. The first kappa shape index (κ1) is 13.0. The average molecular weight is 288 g/mol. The number of aliphatic hydroxyl groups is 1. The second-order valence-electron chi connectivity index (χ2n) is 3.54. The first-order valence-electron chi connectivity index (χ1n) is 4.86. The Hall–Kier alpha value is -1.07. The maximum absolute atomic E-state index is 10.8. The van der Waals surface area contributed by atoms with Crippen LogP contribution in [0.2, 0.25) is 0 Å². The van der Waals surface area contributed by atoms with Gasteiger partial charge in [-0.15, -0.1) is 0 Å². The molecule has 1 aromatic rings. The fourth-order valence-electron chi connectivity index (χ4n) is 1.06. The molecule has 1 aromatic carbocycles. The Balaban J connectivity index is 2.64. The Labute approximate surface area is 103 Å². The van der Waals surface area contributed by atoms with Crippen molar-refractivity contribution in [3.63, 3.8) is 0 Å². The summed E-state index contributed by atoms with van der Waals surface area (Å²) in [6.45, 7) is 1.93. The van der Waals surface area contributed by atoms with Gasteiger partial charge in [-0.3, -0.25) is 4.79 Å². The molecule has 5 heteroatoms. The van der Waals surface area contributed by atoms with Crippen LogP contribution >= 0.6 is 15.9 Å². The van der Waals surface area contributed by atoms with E-state index in [4.69, 9.17) is 15.6 Å². The van der Waals surface area contributed by atoms with Crippen LogP contribution in [0, 0.1) is 5.92 Å². The molecule has 3 N–H and O–H groups in total. The maximum Gasteiger partial charge on any atom is 0.223 e. The minimum atomic E-state index is -0.386. The number of primary amides is 1. The number of hydrogen-bond donors (Lipinski definition) is 2. The van der Waals surface area contributed by atoms with E-state index in [0.29, 0.717) is 5.75 Å². The molecule has 1 rings (SSSR count). The molecule has 4 nitrogen and oxygen atoms in total. The van der Waals surface area contributed by atoms with Crippen molar-refractivity contribution in [1.29, 1.82) is 0 Å². The van der Waals surface area contributed by atoms with Crippen molar-refractivity contribution in [3.8, 4) is 5.75 Å². The van der Waals surface area contributed by atoms with Gasteiger partial charge in [-0.05, 0) is 33.6 Å². The fraction of sp³-hybridized carbons (Fsp3) is 0.364. The zero-order valence-corrected chi connectivity index (χ0v) is 10.5. The topological polar surface area (TPSA) is 72.6 Å². The van der Waals surface area contributed by atoms with Gasteiger partial charge in [-0.1, -0.05) is 13.0 Å². The summed E-state index contributed by atoms with van der Waals surface area (Å²) < 4.78 is 6.18. The highest BCUT2D eigenvalue weighted by Gasteiger charge is 2.10. The van der Waals surface area contributed by atoms with Crippen LogP contribution in [-0.2, 0) is 11.4 Å². The molecule has 0 spiro atoms. The van der Waals surface area contributed by atoms with E-state index in [9.17, 15) is 4.79 Å². The van der Waals surface area contributed by atoms with E-state index < -0.39 is 0 Å². The van der Waals surface area contributed by atoms with Gasteiger partial charge in [-0.25, -0.2) is 0 Å². The molecule has 0 aliphatic heterocycles. The van der Waals surface area contributed by atoms with Crippen molar-refractivity contribution in [2.75, 3.05) is 6.61 Å².